The zero-order valence-electron chi connectivity index (χ0n) is 11.6. The van der Waals surface area contributed by atoms with Gasteiger partial charge in [-0.2, -0.15) is 0 Å². The van der Waals surface area contributed by atoms with Gasteiger partial charge < -0.3 is 20.6 Å². The first-order chi connectivity index (χ1) is 10.1. The van der Waals surface area contributed by atoms with Crippen molar-refractivity contribution in [2.75, 3.05) is 36.8 Å². The second-order valence-electron chi connectivity index (χ2n) is 5.04. The molecule has 106 valence electrons. The number of piperazine rings is 1. The summed E-state index contributed by atoms with van der Waals surface area (Å²) < 4.78 is 0. The zero-order chi connectivity index (χ0) is 14.8. The lowest BCUT2D eigenvalue weighted by Crippen LogP contribution is -2.45. The van der Waals surface area contributed by atoms with E-state index in [0.717, 1.165) is 31.9 Å². The number of aromatic nitrogens is 2. The fraction of sp³-hybridized carbons (Fsp3) is 0.286. The van der Waals surface area contributed by atoms with Crippen LogP contribution in [0.5, 0.6) is 5.75 Å². The number of benzene rings is 1. The Morgan fingerprint density at radius 2 is 1.81 bits per heavy atom. The number of hydrogen-bond acceptors (Lipinski definition) is 6. The lowest BCUT2D eigenvalue weighted by atomic mass is 10.1. The monoisotopic (exact) mass is 281 g/mol. The highest BCUT2D eigenvalue weighted by molar-refractivity contribution is 6.04. The van der Waals surface area contributed by atoms with Crippen molar-refractivity contribution in [2.45, 2.75) is 0 Å². The van der Waals surface area contributed by atoms with Crippen LogP contribution in [-0.2, 0) is 0 Å². The highest BCUT2D eigenvalue weighted by Crippen LogP contribution is 2.31. The molecule has 1 aromatic carbocycles. The van der Waals surface area contributed by atoms with Crippen molar-refractivity contribution in [1.82, 2.24) is 15.0 Å². The van der Waals surface area contributed by atoms with Gasteiger partial charge in [-0.1, -0.05) is 12.1 Å². The van der Waals surface area contributed by atoms with Crippen LogP contribution < -0.4 is 10.6 Å². The molecule has 0 spiro atoms. The van der Waals surface area contributed by atoms with Crippen molar-refractivity contribution < 1.29 is 5.11 Å². The molecule has 2 radical (unpaired) electrons. The first kappa shape index (κ1) is 13.7. The Kier molecular flexibility index (Phi) is 3.66. The number of anilines is 2. The van der Waals surface area contributed by atoms with Gasteiger partial charge in [0, 0.05) is 31.7 Å². The summed E-state index contributed by atoms with van der Waals surface area (Å²) in [7, 11) is 5.77. The van der Waals surface area contributed by atoms with Crippen LogP contribution in [0.15, 0.2) is 30.3 Å². The van der Waals surface area contributed by atoms with Crippen LogP contribution in [0, 0.1) is 0 Å². The molecule has 6 nitrogen and oxygen atoms in total. The molecule has 1 saturated heterocycles. The number of nitrogen functional groups attached to an aromatic ring is 1. The molecule has 1 aromatic heterocycles. The molecule has 0 aliphatic carbocycles. The summed E-state index contributed by atoms with van der Waals surface area (Å²) in [6, 6.07) is 8.91. The quantitative estimate of drug-likeness (QED) is 0.786. The Morgan fingerprint density at radius 3 is 2.52 bits per heavy atom. The number of nitrogens with zero attached hydrogens (tertiary/aromatic N) is 4. The highest BCUT2D eigenvalue weighted by Gasteiger charge is 2.18. The first-order valence-corrected chi connectivity index (χ1v) is 6.81. The van der Waals surface area contributed by atoms with Crippen molar-refractivity contribution in [3.63, 3.8) is 0 Å². The molecule has 2 heterocycles. The summed E-state index contributed by atoms with van der Waals surface area (Å²) in [4.78, 5) is 3.92. The molecule has 2 aromatic rings. The summed E-state index contributed by atoms with van der Waals surface area (Å²) in [6.45, 7) is 3.11. The molecule has 0 saturated carbocycles. The van der Waals surface area contributed by atoms with Crippen LogP contribution in [0.25, 0.3) is 11.3 Å². The second-order valence-corrected chi connectivity index (χ2v) is 5.04. The standard InChI is InChI=1S/C14H16BN5O/c15-20-7-5-19(6-8-20)12-9-11(17-18-14(12)16)10-3-1-2-4-13(10)21/h1-4,9,21H,5-8H2,(H2,16,18). The largest absolute Gasteiger partial charge is 0.507 e. The molecule has 1 aliphatic rings. The van der Waals surface area contributed by atoms with Gasteiger partial charge >= 0.3 is 0 Å². The van der Waals surface area contributed by atoms with Crippen LogP contribution in [0.3, 0.4) is 0 Å². The predicted octanol–water partition coefficient (Wildman–Crippen LogP) is 0.637. The fourth-order valence-corrected chi connectivity index (χ4v) is 2.43. The summed E-state index contributed by atoms with van der Waals surface area (Å²) in [5, 5.41) is 18.0. The molecule has 3 rings (SSSR count). The van der Waals surface area contributed by atoms with E-state index in [9.17, 15) is 5.11 Å². The molecule has 3 N–H and O–H groups in total. The van der Waals surface area contributed by atoms with E-state index < -0.39 is 0 Å². The Labute approximate surface area is 124 Å². The minimum atomic E-state index is 0.175. The van der Waals surface area contributed by atoms with Crippen molar-refractivity contribution in [2.24, 2.45) is 0 Å². The maximum atomic E-state index is 9.93. The lowest BCUT2D eigenvalue weighted by molar-refractivity contribution is 0.415. The van der Waals surface area contributed by atoms with Crippen molar-refractivity contribution in [3.05, 3.63) is 30.3 Å². The maximum absolute atomic E-state index is 9.93. The van der Waals surface area contributed by atoms with Crippen LogP contribution in [0.2, 0.25) is 0 Å². The van der Waals surface area contributed by atoms with Crippen molar-refractivity contribution >= 4 is 19.5 Å². The number of para-hydroxylation sites is 1. The zero-order valence-corrected chi connectivity index (χ0v) is 11.6. The number of rotatable bonds is 2. The van der Waals surface area contributed by atoms with Gasteiger partial charge in [0.15, 0.2) is 13.8 Å². The third kappa shape index (κ3) is 2.78. The fourth-order valence-electron chi connectivity index (χ4n) is 2.43. The summed E-state index contributed by atoms with van der Waals surface area (Å²) >= 11 is 0. The topological polar surface area (TPSA) is 78.5 Å². The second kappa shape index (κ2) is 5.61. The van der Waals surface area contributed by atoms with Gasteiger partial charge in [0.1, 0.15) is 5.75 Å². The summed E-state index contributed by atoms with van der Waals surface area (Å²) in [5.74, 6) is 0.564. The Hall–Kier alpha value is -2.28. The predicted molar refractivity (Wildman–Crippen MR) is 83.1 cm³/mol. The Morgan fingerprint density at radius 1 is 1.10 bits per heavy atom. The van der Waals surface area contributed by atoms with Gasteiger partial charge in [-0.05, 0) is 18.2 Å². The third-order valence-electron chi connectivity index (χ3n) is 3.64. The molecule has 7 heteroatoms. The van der Waals surface area contributed by atoms with E-state index in [-0.39, 0.29) is 5.75 Å². The normalized spacial score (nSPS) is 16.1. The SMILES string of the molecule is [B]N1CCN(c2cc(-c3ccccc3O)nnc2N)CC1. The first-order valence-electron chi connectivity index (χ1n) is 6.81. The van der Waals surface area contributed by atoms with E-state index in [1.54, 1.807) is 23.0 Å². The smallest absolute Gasteiger partial charge is 0.182 e. The van der Waals surface area contributed by atoms with E-state index in [2.05, 4.69) is 15.1 Å². The van der Waals surface area contributed by atoms with Crippen LogP contribution in [-0.4, -0.2) is 54.3 Å². The van der Waals surface area contributed by atoms with E-state index in [1.165, 1.54) is 0 Å². The van der Waals surface area contributed by atoms with Crippen LogP contribution in [0.4, 0.5) is 11.5 Å². The Bertz CT molecular complexity index is 643. The Balaban J connectivity index is 1.95. The molecule has 0 unspecified atom stereocenters. The van der Waals surface area contributed by atoms with Gasteiger partial charge in [-0.25, -0.2) is 0 Å². The number of phenolic OH excluding ortho intramolecular Hbond substituents is 1. The minimum absolute atomic E-state index is 0.175. The van der Waals surface area contributed by atoms with E-state index in [1.807, 2.05) is 12.1 Å². The lowest BCUT2D eigenvalue weighted by Gasteiger charge is -2.34. The average Bonchev–Trinajstić information content (AvgIpc) is 2.50. The molecule has 1 fully saturated rings. The van der Waals surface area contributed by atoms with Gasteiger partial charge in [0.05, 0.1) is 11.4 Å². The molecule has 0 bridgehead atoms. The number of aromatic hydroxyl groups is 1. The van der Waals surface area contributed by atoms with E-state index in [0.29, 0.717) is 17.1 Å². The van der Waals surface area contributed by atoms with Gasteiger partial charge in [-0.15, -0.1) is 10.2 Å². The van der Waals surface area contributed by atoms with E-state index in [4.69, 9.17) is 13.7 Å². The third-order valence-corrected chi connectivity index (χ3v) is 3.64. The van der Waals surface area contributed by atoms with Gasteiger partial charge in [0.2, 0.25) is 0 Å². The summed E-state index contributed by atoms with van der Waals surface area (Å²) in [5.41, 5.74) is 8.02. The van der Waals surface area contributed by atoms with Crippen LogP contribution >= 0.6 is 0 Å². The van der Waals surface area contributed by atoms with Crippen molar-refractivity contribution in [1.29, 1.82) is 0 Å². The molecular weight excluding hydrogens is 265 g/mol. The van der Waals surface area contributed by atoms with Gasteiger partial charge in [-0.3, -0.25) is 0 Å². The number of nitrogens with two attached hydrogens (primary N) is 1. The molecular formula is C14H16BN5O. The molecule has 0 atom stereocenters. The molecule has 1 aliphatic heterocycles. The summed E-state index contributed by atoms with van der Waals surface area (Å²) in [6.07, 6.45) is 0. The minimum Gasteiger partial charge on any atom is -0.507 e. The molecule has 21 heavy (non-hydrogen) atoms. The average molecular weight is 281 g/mol. The molecule has 0 amide bonds. The van der Waals surface area contributed by atoms with Gasteiger partial charge in [0.25, 0.3) is 0 Å². The van der Waals surface area contributed by atoms with Crippen LogP contribution in [0.1, 0.15) is 0 Å². The maximum Gasteiger partial charge on any atom is 0.182 e. The van der Waals surface area contributed by atoms with Crippen molar-refractivity contribution in [3.8, 4) is 17.0 Å². The van der Waals surface area contributed by atoms with E-state index >= 15 is 0 Å². The highest BCUT2D eigenvalue weighted by atomic mass is 16.3. The number of hydrogen-bond donors (Lipinski definition) is 2. The number of phenols is 1.